The van der Waals surface area contributed by atoms with E-state index in [0.717, 1.165) is 12.5 Å². The highest BCUT2D eigenvalue weighted by Gasteiger charge is 2.44. The number of amides is 1. The van der Waals surface area contributed by atoms with Crippen LogP contribution in [-0.2, 0) is 4.74 Å². The molecule has 0 radical (unpaired) electrons. The summed E-state index contributed by atoms with van der Waals surface area (Å²) in [4.78, 5) is 10.9. The molecule has 2 rings (SSSR count). The first-order valence-electron chi connectivity index (χ1n) is 5.06. The fourth-order valence-corrected chi connectivity index (χ4v) is 2.89. The summed E-state index contributed by atoms with van der Waals surface area (Å²) in [5, 5.41) is 2.83. The third kappa shape index (κ3) is 1.64. The maximum absolute atomic E-state index is 10.9. The molecule has 0 aromatic heterocycles. The van der Waals surface area contributed by atoms with Gasteiger partial charge >= 0.3 is 6.09 Å². The molecule has 2 aliphatic rings. The first-order valence-corrected chi connectivity index (χ1v) is 5.06. The lowest BCUT2D eigenvalue weighted by Crippen LogP contribution is -2.34. The predicted molar refractivity (Wildman–Crippen MR) is 49.4 cm³/mol. The van der Waals surface area contributed by atoms with Gasteiger partial charge in [0.25, 0.3) is 0 Å². The van der Waals surface area contributed by atoms with E-state index in [4.69, 9.17) is 0 Å². The van der Waals surface area contributed by atoms with E-state index >= 15 is 0 Å². The van der Waals surface area contributed by atoms with Crippen LogP contribution in [-0.4, -0.2) is 19.7 Å². The van der Waals surface area contributed by atoms with Gasteiger partial charge in [0.15, 0.2) is 0 Å². The summed E-state index contributed by atoms with van der Waals surface area (Å²) in [6.07, 6.45) is 6.34. The van der Waals surface area contributed by atoms with E-state index in [1.54, 1.807) is 0 Å². The zero-order chi connectivity index (χ0) is 9.31. The standard InChI is InChI=1S/C10H17NO2/c1-13-9(12)11-7-10-4-2-8(6-10)3-5-10/h8H,2-7H2,1H3,(H,11,12). The highest BCUT2D eigenvalue weighted by Crippen LogP contribution is 2.53. The molecule has 3 heteroatoms. The Morgan fingerprint density at radius 3 is 2.69 bits per heavy atom. The molecule has 0 saturated heterocycles. The van der Waals surface area contributed by atoms with E-state index in [1.165, 1.54) is 39.2 Å². The molecule has 3 nitrogen and oxygen atoms in total. The molecule has 1 amide bonds. The highest BCUT2D eigenvalue weighted by molar-refractivity contribution is 5.66. The number of carbonyl (C=O) groups excluding carboxylic acids is 1. The number of hydrogen-bond acceptors (Lipinski definition) is 2. The minimum absolute atomic E-state index is 0.287. The molecule has 74 valence electrons. The Balaban J connectivity index is 1.84. The van der Waals surface area contributed by atoms with Crippen molar-refractivity contribution < 1.29 is 9.53 Å². The molecule has 0 heterocycles. The minimum Gasteiger partial charge on any atom is -0.453 e. The van der Waals surface area contributed by atoms with Crippen LogP contribution in [0.4, 0.5) is 4.79 Å². The van der Waals surface area contributed by atoms with Gasteiger partial charge in [-0.3, -0.25) is 0 Å². The van der Waals surface area contributed by atoms with Crippen molar-refractivity contribution in [1.29, 1.82) is 0 Å². The molecule has 0 aromatic carbocycles. The van der Waals surface area contributed by atoms with E-state index in [9.17, 15) is 4.79 Å². The maximum Gasteiger partial charge on any atom is 0.406 e. The Kier molecular flexibility index (Phi) is 2.18. The van der Waals surface area contributed by atoms with Gasteiger partial charge in [-0.15, -0.1) is 0 Å². The Labute approximate surface area is 78.8 Å². The number of ether oxygens (including phenoxy) is 1. The largest absolute Gasteiger partial charge is 0.453 e. The normalized spacial score (nSPS) is 36.2. The second-order valence-corrected chi connectivity index (χ2v) is 4.49. The van der Waals surface area contributed by atoms with Crippen molar-refractivity contribution in [1.82, 2.24) is 5.32 Å². The number of alkyl carbamates (subject to hydrolysis) is 1. The van der Waals surface area contributed by atoms with Crippen LogP contribution in [0.25, 0.3) is 0 Å². The average Bonchev–Trinajstić information content (AvgIpc) is 2.74. The average molecular weight is 183 g/mol. The lowest BCUT2D eigenvalue weighted by atomic mass is 9.84. The van der Waals surface area contributed by atoms with Crippen molar-refractivity contribution >= 4 is 6.09 Å². The van der Waals surface area contributed by atoms with Crippen LogP contribution in [0.3, 0.4) is 0 Å². The molecule has 0 unspecified atom stereocenters. The van der Waals surface area contributed by atoms with Gasteiger partial charge in [0.1, 0.15) is 0 Å². The molecule has 0 aromatic rings. The van der Waals surface area contributed by atoms with E-state index in [-0.39, 0.29) is 6.09 Å². The van der Waals surface area contributed by atoms with E-state index in [2.05, 4.69) is 10.1 Å². The van der Waals surface area contributed by atoms with Gasteiger partial charge < -0.3 is 10.1 Å². The maximum atomic E-state index is 10.9. The summed E-state index contributed by atoms with van der Waals surface area (Å²) in [5.74, 6) is 0.944. The van der Waals surface area contributed by atoms with Crippen LogP contribution in [0.1, 0.15) is 32.1 Å². The van der Waals surface area contributed by atoms with Gasteiger partial charge in [-0.05, 0) is 43.4 Å². The number of rotatable bonds is 2. The molecule has 2 saturated carbocycles. The fourth-order valence-electron chi connectivity index (χ4n) is 2.89. The van der Waals surface area contributed by atoms with Gasteiger partial charge in [0.05, 0.1) is 7.11 Å². The molecule has 0 aliphatic heterocycles. The predicted octanol–water partition coefficient (Wildman–Crippen LogP) is 1.92. The van der Waals surface area contributed by atoms with Crippen LogP contribution >= 0.6 is 0 Å². The summed E-state index contributed by atoms with van der Waals surface area (Å²) < 4.78 is 4.56. The van der Waals surface area contributed by atoms with Crippen LogP contribution < -0.4 is 5.32 Å². The molecule has 0 atom stereocenters. The monoisotopic (exact) mass is 183 g/mol. The molecule has 2 aliphatic carbocycles. The topological polar surface area (TPSA) is 38.3 Å². The smallest absolute Gasteiger partial charge is 0.406 e. The SMILES string of the molecule is COC(=O)NCC12CCC(CC1)C2. The molecule has 2 fully saturated rings. The lowest BCUT2D eigenvalue weighted by Gasteiger charge is -2.26. The van der Waals surface area contributed by atoms with Crippen molar-refractivity contribution in [2.45, 2.75) is 32.1 Å². The Bertz CT molecular complexity index is 207. The van der Waals surface area contributed by atoms with Crippen LogP contribution in [0.2, 0.25) is 0 Å². The quantitative estimate of drug-likeness (QED) is 0.710. The molecule has 0 spiro atoms. The Morgan fingerprint density at radius 1 is 1.54 bits per heavy atom. The Hall–Kier alpha value is -0.730. The zero-order valence-electron chi connectivity index (χ0n) is 8.14. The van der Waals surface area contributed by atoms with Crippen molar-refractivity contribution in [3.05, 3.63) is 0 Å². The fraction of sp³-hybridized carbons (Fsp3) is 0.900. The number of carbonyl (C=O) groups is 1. The molecule has 13 heavy (non-hydrogen) atoms. The number of nitrogens with one attached hydrogen (secondary N) is 1. The van der Waals surface area contributed by atoms with Crippen LogP contribution in [0, 0.1) is 11.3 Å². The van der Waals surface area contributed by atoms with Crippen LogP contribution in [0.5, 0.6) is 0 Å². The molecular weight excluding hydrogens is 166 g/mol. The highest BCUT2D eigenvalue weighted by atomic mass is 16.5. The Morgan fingerprint density at radius 2 is 2.23 bits per heavy atom. The second-order valence-electron chi connectivity index (χ2n) is 4.49. The second kappa shape index (κ2) is 3.20. The summed E-state index contributed by atoms with van der Waals surface area (Å²) in [6.45, 7) is 0.816. The molecule has 2 bridgehead atoms. The van der Waals surface area contributed by atoms with Gasteiger partial charge in [0.2, 0.25) is 0 Å². The van der Waals surface area contributed by atoms with Crippen molar-refractivity contribution in [3.8, 4) is 0 Å². The number of hydrogen-bond donors (Lipinski definition) is 1. The lowest BCUT2D eigenvalue weighted by molar-refractivity contribution is 0.162. The van der Waals surface area contributed by atoms with Crippen LogP contribution in [0.15, 0.2) is 0 Å². The van der Waals surface area contributed by atoms with Gasteiger partial charge in [-0.1, -0.05) is 0 Å². The summed E-state index contributed by atoms with van der Waals surface area (Å²) >= 11 is 0. The zero-order valence-corrected chi connectivity index (χ0v) is 8.14. The summed E-state index contributed by atoms with van der Waals surface area (Å²) in [6, 6.07) is 0. The van der Waals surface area contributed by atoms with Gasteiger partial charge in [-0.25, -0.2) is 4.79 Å². The first kappa shape index (κ1) is 8.85. The van der Waals surface area contributed by atoms with E-state index in [0.29, 0.717) is 5.41 Å². The number of fused-ring (bicyclic) bond motifs is 2. The van der Waals surface area contributed by atoms with Crippen molar-refractivity contribution in [2.75, 3.05) is 13.7 Å². The van der Waals surface area contributed by atoms with Crippen molar-refractivity contribution in [2.24, 2.45) is 11.3 Å². The van der Waals surface area contributed by atoms with Gasteiger partial charge in [0, 0.05) is 6.54 Å². The number of methoxy groups -OCH3 is 1. The molecule has 1 N–H and O–H groups in total. The summed E-state index contributed by atoms with van der Waals surface area (Å²) in [5.41, 5.74) is 0.429. The van der Waals surface area contributed by atoms with E-state index < -0.39 is 0 Å². The summed E-state index contributed by atoms with van der Waals surface area (Å²) in [7, 11) is 1.42. The first-order chi connectivity index (χ1) is 6.24. The third-order valence-corrected chi connectivity index (χ3v) is 3.68. The van der Waals surface area contributed by atoms with E-state index in [1.807, 2.05) is 0 Å². The van der Waals surface area contributed by atoms with Crippen molar-refractivity contribution in [3.63, 3.8) is 0 Å². The molecular formula is C10H17NO2. The minimum atomic E-state index is -0.287. The third-order valence-electron chi connectivity index (χ3n) is 3.68. The van der Waals surface area contributed by atoms with Gasteiger partial charge in [-0.2, -0.15) is 0 Å².